The maximum absolute atomic E-state index is 3.62. The summed E-state index contributed by atoms with van der Waals surface area (Å²) < 4.78 is 0. The second-order valence-corrected chi connectivity index (χ2v) is 6.46. The van der Waals surface area contributed by atoms with Crippen molar-refractivity contribution >= 4 is 0 Å². The molecule has 0 amide bonds. The molecule has 1 saturated heterocycles. The first kappa shape index (κ1) is 12.4. The molecule has 1 aliphatic carbocycles. The third-order valence-corrected chi connectivity index (χ3v) is 4.73. The highest BCUT2D eigenvalue weighted by atomic mass is 15.3. The van der Waals surface area contributed by atoms with Crippen LogP contribution in [0.3, 0.4) is 0 Å². The molecule has 16 heavy (non-hydrogen) atoms. The van der Waals surface area contributed by atoms with Gasteiger partial charge >= 0.3 is 0 Å². The van der Waals surface area contributed by atoms with Crippen LogP contribution >= 0.6 is 0 Å². The summed E-state index contributed by atoms with van der Waals surface area (Å²) in [5, 5.41) is 3.62. The first-order valence-electron chi connectivity index (χ1n) is 7.03. The van der Waals surface area contributed by atoms with Gasteiger partial charge in [0, 0.05) is 31.2 Å². The molecule has 1 heterocycles. The molecule has 2 fully saturated rings. The fourth-order valence-corrected chi connectivity index (χ4v) is 3.67. The van der Waals surface area contributed by atoms with Crippen LogP contribution in [0.4, 0.5) is 0 Å². The van der Waals surface area contributed by atoms with E-state index in [0.717, 1.165) is 12.1 Å². The molecule has 1 aliphatic heterocycles. The number of piperazine rings is 1. The molecule has 0 aromatic heterocycles. The molecular formula is C14H28N2. The van der Waals surface area contributed by atoms with Gasteiger partial charge in [-0.15, -0.1) is 0 Å². The van der Waals surface area contributed by atoms with Gasteiger partial charge in [0.05, 0.1) is 0 Å². The molecule has 0 radical (unpaired) electrons. The minimum absolute atomic E-state index is 0.532. The Labute approximate surface area is 101 Å². The Balaban J connectivity index is 2.10. The first-order chi connectivity index (χ1) is 7.54. The van der Waals surface area contributed by atoms with Gasteiger partial charge in [-0.25, -0.2) is 0 Å². The molecule has 3 unspecified atom stereocenters. The Bertz CT molecular complexity index is 237. The Hall–Kier alpha value is -0.0800. The number of nitrogens with one attached hydrogen (secondary N) is 1. The van der Waals surface area contributed by atoms with Gasteiger partial charge in [-0.05, 0) is 31.6 Å². The fourth-order valence-electron chi connectivity index (χ4n) is 3.67. The lowest BCUT2D eigenvalue weighted by molar-refractivity contribution is 0.0364. The molecule has 94 valence electrons. The van der Waals surface area contributed by atoms with E-state index < -0.39 is 0 Å². The maximum atomic E-state index is 3.62. The predicted octanol–water partition coefficient (Wildman–Crippen LogP) is 2.64. The third-order valence-electron chi connectivity index (χ3n) is 4.73. The number of nitrogens with zero attached hydrogens (tertiary/aromatic N) is 1. The van der Waals surface area contributed by atoms with E-state index in [4.69, 9.17) is 0 Å². The lowest BCUT2D eigenvalue weighted by Gasteiger charge is -2.47. The molecule has 0 bridgehead atoms. The SMILES string of the molecule is CCC1CNC(C)CN1C1CCCC1(C)C. The van der Waals surface area contributed by atoms with Crippen molar-refractivity contribution < 1.29 is 0 Å². The summed E-state index contributed by atoms with van der Waals surface area (Å²) in [7, 11) is 0. The molecule has 0 spiro atoms. The van der Waals surface area contributed by atoms with Crippen molar-refractivity contribution in [3.8, 4) is 0 Å². The van der Waals surface area contributed by atoms with Crippen LogP contribution in [0.25, 0.3) is 0 Å². The average Bonchev–Trinajstić information content (AvgIpc) is 2.58. The van der Waals surface area contributed by atoms with Gasteiger partial charge in [-0.1, -0.05) is 27.2 Å². The van der Waals surface area contributed by atoms with Crippen molar-refractivity contribution in [2.75, 3.05) is 13.1 Å². The second kappa shape index (κ2) is 4.66. The van der Waals surface area contributed by atoms with E-state index in [1.54, 1.807) is 0 Å². The fraction of sp³-hybridized carbons (Fsp3) is 1.00. The van der Waals surface area contributed by atoms with Gasteiger partial charge < -0.3 is 5.32 Å². The second-order valence-electron chi connectivity index (χ2n) is 6.46. The van der Waals surface area contributed by atoms with Crippen LogP contribution in [0.1, 0.15) is 53.4 Å². The minimum atomic E-state index is 0.532. The Morgan fingerprint density at radius 3 is 2.69 bits per heavy atom. The molecule has 3 atom stereocenters. The van der Waals surface area contributed by atoms with E-state index >= 15 is 0 Å². The zero-order chi connectivity index (χ0) is 11.8. The Kier molecular flexibility index (Phi) is 3.60. The van der Waals surface area contributed by atoms with Gasteiger partial charge in [-0.2, -0.15) is 0 Å². The van der Waals surface area contributed by atoms with E-state index in [1.165, 1.54) is 38.8 Å². The summed E-state index contributed by atoms with van der Waals surface area (Å²) >= 11 is 0. The van der Waals surface area contributed by atoms with Crippen molar-refractivity contribution in [3.63, 3.8) is 0 Å². The standard InChI is InChI=1S/C14H28N2/c1-5-12-9-15-11(2)10-16(12)13-7-6-8-14(13,3)4/h11-13,15H,5-10H2,1-4H3. The summed E-state index contributed by atoms with van der Waals surface area (Å²) in [5.41, 5.74) is 0.532. The highest BCUT2D eigenvalue weighted by Gasteiger charge is 2.41. The Morgan fingerprint density at radius 1 is 1.38 bits per heavy atom. The summed E-state index contributed by atoms with van der Waals surface area (Å²) in [4.78, 5) is 2.81. The third kappa shape index (κ3) is 2.28. The van der Waals surface area contributed by atoms with E-state index in [9.17, 15) is 0 Å². The maximum Gasteiger partial charge on any atom is 0.0221 e. The van der Waals surface area contributed by atoms with E-state index in [2.05, 4.69) is 37.9 Å². The molecule has 1 saturated carbocycles. The van der Waals surface area contributed by atoms with E-state index in [0.29, 0.717) is 11.5 Å². The topological polar surface area (TPSA) is 15.3 Å². The van der Waals surface area contributed by atoms with Crippen molar-refractivity contribution in [2.24, 2.45) is 5.41 Å². The normalized spacial score (nSPS) is 40.1. The smallest absolute Gasteiger partial charge is 0.0221 e. The van der Waals surface area contributed by atoms with Crippen LogP contribution in [0.5, 0.6) is 0 Å². The lowest BCUT2D eigenvalue weighted by atomic mass is 9.84. The summed E-state index contributed by atoms with van der Waals surface area (Å²) in [6, 6.07) is 2.25. The first-order valence-corrected chi connectivity index (χ1v) is 7.03. The van der Waals surface area contributed by atoms with Gasteiger partial charge in [0.25, 0.3) is 0 Å². The van der Waals surface area contributed by atoms with Crippen molar-refractivity contribution in [3.05, 3.63) is 0 Å². The van der Waals surface area contributed by atoms with Gasteiger partial charge in [-0.3, -0.25) is 4.90 Å². The van der Waals surface area contributed by atoms with Crippen LogP contribution in [0.2, 0.25) is 0 Å². The van der Waals surface area contributed by atoms with Gasteiger partial charge in [0.1, 0.15) is 0 Å². The molecule has 2 aliphatic rings. The van der Waals surface area contributed by atoms with E-state index in [1.807, 2.05) is 0 Å². The number of rotatable bonds is 2. The highest BCUT2D eigenvalue weighted by molar-refractivity contribution is 4.97. The number of hydrogen-bond donors (Lipinski definition) is 1. The highest BCUT2D eigenvalue weighted by Crippen LogP contribution is 2.41. The van der Waals surface area contributed by atoms with Crippen molar-refractivity contribution in [1.82, 2.24) is 10.2 Å². The van der Waals surface area contributed by atoms with Crippen LogP contribution in [-0.4, -0.2) is 36.1 Å². The molecule has 0 aromatic rings. The largest absolute Gasteiger partial charge is 0.311 e. The zero-order valence-electron chi connectivity index (χ0n) is 11.4. The molecule has 1 N–H and O–H groups in total. The van der Waals surface area contributed by atoms with Crippen LogP contribution in [-0.2, 0) is 0 Å². The molecular weight excluding hydrogens is 196 g/mol. The van der Waals surface area contributed by atoms with Crippen LogP contribution in [0, 0.1) is 5.41 Å². The van der Waals surface area contributed by atoms with Gasteiger partial charge in [0.2, 0.25) is 0 Å². The Morgan fingerprint density at radius 2 is 2.12 bits per heavy atom. The molecule has 2 rings (SSSR count). The van der Waals surface area contributed by atoms with Gasteiger partial charge in [0.15, 0.2) is 0 Å². The summed E-state index contributed by atoms with van der Waals surface area (Å²) in [5.74, 6) is 0. The quantitative estimate of drug-likeness (QED) is 0.776. The summed E-state index contributed by atoms with van der Waals surface area (Å²) in [6.07, 6.45) is 5.53. The lowest BCUT2D eigenvalue weighted by Crippen LogP contribution is -2.60. The van der Waals surface area contributed by atoms with Crippen LogP contribution < -0.4 is 5.32 Å². The summed E-state index contributed by atoms with van der Waals surface area (Å²) in [6.45, 7) is 12.0. The molecule has 0 aromatic carbocycles. The average molecular weight is 224 g/mol. The monoisotopic (exact) mass is 224 g/mol. The zero-order valence-corrected chi connectivity index (χ0v) is 11.4. The van der Waals surface area contributed by atoms with Crippen molar-refractivity contribution in [2.45, 2.75) is 71.5 Å². The number of hydrogen-bond acceptors (Lipinski definition) is 2. The molecule has 2 nitrogen and oxygen atoms in total. The molecule has 2 heteroatoms. The minimum Gasteiger partial charge on any atom is -0.311 e. The predicted molar refractivity (Wildman–Crippen MR) is 69.7 cm³/mol. The van der Waals surface area contributed by atoms with E-state index in [-0.39, 0.29) is 0 Å². The van der Waals surface area contributed by atoms with Crippen molar-refractivity contribution in [1.29, 1.82) is 0 Å². The van der Waals surface area contributed by atoms with Crippen LogP contribution in [0.15, 0.2) is 0 Å².